The number of aliphatic hydroxyl groups excluding tert-OH is 1. The first kappa shape index (κ1) is 20.3. The summed E-state index contributed by atoms with van der Waals surface area (Å²) in [6.45, 7) is 0.204. The summed E-state index contributed by atoms with van der Waals surface area (Å²) in [6.07, 6.45) is 0.514. The topological polar surface area (TPSA) is 90.8 Å². The summed E-state index contributed by atoms with van der Waals surface area (Å²) >= 11 is 0. The van der Waals surface area contributed by atoms with Gasteiger partial charge in [0.2, 0.25) is 0 Å². The summed E-state index contributed by atoms with van der Waals surface area (Å²) in [4.78, 5) is 20.4. The fourth-order valence-electron chi connectivity index (χ4n) is 2.83. The highest BCUT2D eigenvalue weighted by Crippen LogP contribution is 2.27. The van der Waals surface area contributed by atoms with Crippen LogP contribution >= 0.6 is 0 Å². The third-order valence-corrected chi connectivity index (χ3v) is 4.30. The normalized spacial score (nSPS) is 11.6. The number of carbonyl (C=O) groups excluding carboxylic acids is 1. The van der Waals surface area contributed by atoms with Gasteiger partial charge in [-0.05, 0) is 29.8 Å². The minimum Gasteiger partial charge on any atom is -0.496 e. The van der Waals surface area contributed by atoms with Crippen molar-refractivity contribution in [1.82, 2.24) is 9.97 Å². The monoisotopic (exact) mass is 394 g/mol. The fourth-order valence-corrected chi connectivity index (χ4v) is 2.83. The molecule has 0 bridgehead atoms. The molecule has 2 aromatic carbocycles. The van der Waals surface area contributed by atoms with Crippen molar-refractivity contribution in [2.24, 2.45) is 0 Å². The first-order valence-electron chi connectivity index (χ1n) is 9.04. The molecule has 0 aliphatic carbocycles. The van der Waals surface area contributed by atoms with E-state index in [0.717, 1.165) is 5.56 Å². The minimum absolute atomic E-state index is 0.0963. The smallest absolute Gasteiger partial charge is 0.335 e. The second kappa shape index (κ2) is 9.66. The standard InChI is InChI=1S/C22H22N2O5/c1-27-20-10-6-4-8-17(20)21-23-12-11-16(24-21)14-29-19-9-5-3-7-15(19)13-18(25)22(26)28-2/h3-12,18,25H,13-14H2,1-2H3/t18-/m0/s1. The van der Waals surface area contributed by atoms with Crippen LogP contribution in [0.15, 0.2) is 60.8 Å². The molecule has 0 amide bonds. The van der Waals surface area contributed by atoms with Gasteiger partial charge in [-0.25, -0.2) is 14.8 Å². The molecule has 3 aromatic rings. The molecule has 0 spiro atoms. The molecular weight excluding hydrogens is 372 g/mol. The Labute approximate surface area is 168 Å². The predicted molar refractivity (Wildman–Crippen MR) is 107 cm³/mol. The van der Waals surface area contributed by atoms with Crippen molar-refractivity contribution in [3.05, 3.63) is 72.1 Å². The van der Waals surface area contributed by atoms with Crippen molar-refractivity contribution in [1.29, 1.82) is 0 Å². The number of methoxy groups -OCH3 is 2. The van der Waals surface area contributed by atoms with Crippen LogP contribution in [0.25, 0.3) is 11.4 Å². The number of rotatable bonds is 8. The number of nitrogens with zero attached hydrogens (tertiary/aromatic N) is 2. The van der Waals surface area contributed by atoms with E-state index in [4.69, 9.17) is 9.47 Å². The molecule has 0 radical (unpaired) electrons. The maximum absolute atomic E-state index is 11.5. The predicted octanol–water partition coefficient (Wildman–Crippen LogP) is 2.81. The molecule has 7 nitrogen and oxygen atoms in total. The number of hydrogen-bond acceptors (Lipinski definition) is 7. The highest BCUT2D eigenvalue weighted by atomic mass is 16.5. The van der Waals surface area contributed by atoms with Crippen LogP contribution in [0.2, 0.25) is 0 Å². The van der Waals surface area contributed by atoms with Gasteiger partial charge in [0.1, 0.15) is 18.1 Å². The third-order valence-electron chi connectivity index (χ3n) is 4.30. The summed E-state index contributed by atoms with van der Waals surface area (Å²) in [5, 5.41) is 9.93. The quantitative estimate of drug-likeness (QED) is 0.588. The molecule has 29 heavy (non-hydrogen) atoms. The number of carbonyl (C=O) groups is 1. The molecule has 0 aliphatic heterocycles. The van der Waals surface area contributed by atoms with Crippen LogP contribution in [0.1, 0.15) is 11.3 Å². The van der Waals surface area contributed by atoms with Gasteiger partial charge in [-0.1, -0.05) is 30.3 Å². The van der Waals surface area contributed by atoms with Crippen molar-refractivity contribution in [2.75, 3.05) is 14.2 Å². The van der Waals surface area contributed by atoms with E-state index in [1.54, 1.807) is 31.5 Å². The largest absolute Gasteiger partial charge is 0.496 e. The highest BCUT2D eigenvalue weighted by molar-refractivity contribution is 5.74. The Morgan fingerprint density at radius 1 is 1.03 bits per heavy atom. The summed E-state index contributed by atoms with van der Waals surface area (Å²) in [5.41, 5.74) is 2.17. The van der Waals surface area contributed by atoms with Crippen LogP contribution in [0.3, 0.4) is 0 Å². The third kappa shape index (κ3) is 5.08. The van der Waals surface area contributed by atoms with Crippen molar-refractivity contribution >= 4 is 5.97 Å². The summed E-state index contributed by atoms with van der Waals surface area (Å²) in [7, 11) is 2.84. The number of ether oxygens (including phenoxy) is 3. The Balaban J connectivity index is 1.75. The number of hydrogen-bond donors (Lipinski definition) is 1. The van der Waals surface area contributed by atoms with E-state index in [9.17, 15) is 9.90 Å². The number of benzene rings is 2. The molecule has 7 heteroatoms. The van der Waals surface area contributed by atoms with Crippen molar-refractivity contribution < 1.29 is 24.1 Å². The average molecular weight is 394 g/mol. The van der Waals surface area contributed by atoms with Gasteiger partial charge in [0, 0.05) is 12.6 Å². The SMILES string of the molecule is COC(=O)[C@@H](O)Cc1ccccc1OCc1ccnc(-c2ccccc2OC)n1. The van der Waals surface area contributed by atoms with Crippen molar-refractivity contribution in [3.63, 3.8) is 0 Å². The Hall–Kier alpha value is -3.45. The first-order valence-corrected chi connectivity index (χ1v) is 9.04. The molecule has 1 heterocycles. The number of aliphatic hydroxyl groups is 1. The Morgan fingerprint density at radius 3 is 2.52 bits per heavy atom. The van der Waals surface area contributed by atoms with Gasteiger partial charge in [-0.15, -0.1) is 0 Å². The number of aromatic nitrogens is 2. The van der Waals surface area contributed by atoms with E-state index in [1.807, 2.05) is 36.4 Å². The van der Waals surface area contributed by atoms with Gasteiger partial charge in [-0.2, -0.15) is 0 Å². The maximum Gasteiger partial charge on any atom is 0.335 e. The van der Waals surface area contributed by atoms with Crippen LogP contribution < -0.4 is 9.47 Å². The molecule has 0 saturated heterocycles. The van der Waals surface area contributed by atoms with Gasteiger partial charge in [0.05, 0.1) is 25.5 Å². The van der Waals surface area contributed by atoms with Crippen LogP contribution in [0.5, 0.6) is 11.5 Å². The lowest BCUT2D eigenvalue weighted by atomic mass is 10.1. The molecule has 0 unspecified atom stereocenters. The lowest BCUT2D eigenvalue weighted by Crippen LogP contribution is -2.24. The lowest BCUT2D eigenvalue weighted by molar-refractivity contribution is -0.150. The molecule has 150 valence electrons. The van der Waals surface area contributed by atoms with E-state index in [1.165, 1.54) is 7.11 Å². The molecule has 0 fully saturated rings. The van der Waals surface area contributed by atoms with Crippen LogP contribution in [0, 0.1) is 0 Å². The zero-order chi connectivity index (χ0) is 20.6. The van der Waals surface area contributed by atoms with Crippen LogP contribution in [0.4, 0.5) is 0 Å². The Morgan fingerprint density at radius 2 is 1.76 bits per heavy atom. The molecule has 0 aliphatic rings. The molecule has 1 N–H and O–H groups in total. The zero-order valence-corrected chi connectivity index (χ0v) is 16.2. The number of esters is 1. The molecule has 1 atom stereocenters. The van der Waals surface area contributed by atoms with E-state index in [-0.39, 0.29) is 13.0 Å². The van der Waals surface area contributed by atoms with Gasteiger partial charge >= 0.3 is 5.97 Å². The van der Waals surface area contributed by atoms with E-state index in [2.05, 4.69) is 14.7 Å². The Bertz CT molecular complexity index is 977. The van der Waals surface area contributed by atoms with Gasteiger partial charge in [-0.3, -0.25) is 0 Å². The van der Waals surface area contributed by atoms with Crippen LogP contribution in [-0.4, -0.2) is 41.4 Å². The van der Waals surface area contributed by atoms with E-state index < -0.39 is 12.1 Å². The lowest BCUT2D eigenvalue weighted by Gasteiger charge is -2.14. The van der Waals surface area contributed by atoms with Crippen molar-refractivity contribution in [3.8, 4) is 22.9 Å². The van der Waals surface area contributed by atoms with Crippen molar-refractivity contribution in [2.45, 2.75) is 19.1 Å². The minimum atomic E-state index is -1.25. The van der Waals surface area contributed by atoms with E-state index >= 15 is 0 Å². The summed E-state index contributed by atoms with van der Waals surface area (Å²) in [6, 6.07) is 16.5. The maximum atomic E-state index is 11.5. The molecule has 1 aromatic heterocycles. The summed E-state index contributed by atoms with van der Waals surface area (Å²) < 4.78 is 15.8. The van der Waals surface area contributed by atoms with Gasteiger partial charge in [0.25, 0.3) is 0 Å². The van der Waals surface area contributed by atoms with Crippen LogP contribution in [-0.2, 0) is 22.6 Å². The zero-order valence-electron chi connectivity index (χ0n) is 16.2. The first-order chi connectivity index (χ1) is 14.1. The van der Waals surface area contributed by atoms with Gasteiger partial charge in [0.15, 0.2) is 11.9 Å². The van der Waals surface area contributed by atoms with Gasteiger partial charge < -0.3 is 19.3 Å². The molecule has 0 saturated carbocycles. The average Bonchev–Trinajstić information content (AvgIpc) is 2.78. The Kier molecular flexibility index (Phi) is 6.76. The molecular formula is C22H22N2O5. The number of para-hydroxylation sites is 2. The second-order valence-corrected chi connectivity index (χ2v) is 6.21. The highest BCUT2D eigenvalue weighted by Gasteiger charge is 2.18. The second-order valence-electron chi connectivity index (χ2n) is 6.21. The van der Waals surface area contributed by atoms with E-state index in [0.29, 0.717) is 28.6 Å². The fraction of sp³-hybridized carbons (Fsp3) is 0.227. The molecule has 3 rings (SSSR count). The summed E-state index contributed by atoms with van der Waals surface area (Å²) in [5.74, 6) is 1.11.